The molecule has 5 aromatic carbocycles. The normalized spacial score (nSPS) is 21.0. The average molecular weight is 814 g/mol. The summed E-state index contributed by atoms with van der Waals surface area (Å²) < 4.78 is 37.1. The van der Waals surface area contributed by atoms with Gasteiger partial charge in [-0.25, -0.2) is 0 Å². The van der Waals surface area contributed by atoms with Crippen LogP contribution in [0.3, 0.4) is 0 Å². The van der Waals surface area contributed by atoms with Crippen LogP contribution in [0, 0.1) is 0 Å². The van der Waals surface area contributed by atoms with Crippen molar-refractivity contribution < 1.29 is 33.0 Å². The molecule has 2 fully saturated rings. The molecule has 7 rings (SSSR count). The summed E-state index contributed by atoms with van der Waals surface area (Å²) in [4.78, 5) is 0. The number of benzene rings is 5. The summed E-state index contributed by atoms with van der Waals surface area (Å²) in [6.45, 7) is 12.8. The largest absolute Gasteiger partial charge is 0.508 e. The molecule has 2 aliphatic rings. The van der Waals surface area contributed by atoms with Crippen molar-refractivity contribution in [1.29, 1.82) is 0 Å². The van der Waals surface area contributed by atoms with E-state index >= 15 is 0 Å². The minimum Gasteiger partial charge on any atom is -0.508 e. The molecule has 2 saturated heterocycles. The third-order valence-corrected chi connectivity index (χ3v) is 12.6. The molecule has 0 spiro atoms. The lowest BCUT2D eigenvalue weighted by Crippen LogP contribution is -2.46. The van der Waals surface area contributed by atoms with Crippen molar-refractivity contribution in [2.45, 2.75) is 83.2 Å². The molecule has 1 N–H and O–H groups in total. The van der Waals surface area contributed by atoms with Gasteiger partial charge in [-0.05, 0) is 116 Å². The Morgan fingerprint density at radius 1 is 0.508 bits per heavy atom. The molecule has 0 radical (unpaired) electrons. The number of aromatic hydroxyl groups is 1. The molecular weight excluding hydrogens is 757 g/mol. The number of phenols is 1. The lowest BCUT2D eigenvalue weighted by atomic mass is 9.78. The minimum atomic E-state index is -0.530. The lowest BCUT2D eigenvalue weighted by molar-refractivity contribution is -0.0147. The standard InChI is InChI=1S/C51H57B3O7/c1-48(2)50(5,36-10-9-11-38-20-28-44(29-21-38)52(56-7)57-8)60-53(58-48)45-30-22-40(23-31-45)13-12-39-16-18-43(19-17-39)37-51(6)49(3,4)59-54(61-51)46-32-24-41(25-33-46)14-15-42-26-34-47(55)35-27-42/h9,11-35,55H,10,36-37H2,1-8H3/b11-9+,13-12+,15-14+. The van der Waals surface area contributed by atoms with Crippen LogP contribution in [0.4, 0.5) is 0 Å². The number of phenolic OH excluding ortho intramolecular Hbond substituents is 1. The first-order valence-corrected chi connectivity index (χ1v) is 21.2. The molecule has 2 atom stereocenters. The van der Waals surface area contributed by atoms with Gasteiger partial charge in [0.05, 0.1) is 22.4 Å². The van der Waals surface area contributed by atoms with Crippen molar-refractivity contribution in [3.8, 4) is 5.75 Å². The van der Waals surface area contributed by atoms with E-state index in [0.29, 0.717) is 6.42 Å². The second-order valence-electron chi connectivity index (χ2n) is 17.5. The highest BCUT2D eigenvalue weighted by Gasteiger charge is 2.55. The van der Waals surface area contributed by atoms with E-state index in [1.807, 2.05) is 30.3 Å². The minimum absolute atomic E-state index is 0.261. The Hall–Kier alpha value is -4.93. The fraction of sp³-hybridized carbons (Fsp3) is 0.294. The summed E-state index contributed by atoms with van der Waals surface area (Å²) >= 11 is 0. The highest BCUT2D eigenvalue weighted by molar-refractivity contribution is 6.62. The molecule has 2 unspecified atom stereocenters. The molecule has 0 saturated carbocycles. The molecule has 2 heterocycles. The van der Waals surface area contributed by atoms with Crippen molar-refractivity contribution in [3.63, 3.8) is 0 Å². The van der Waals surface area contributed by atoms with Crippen molar-refractivity contribution >= 4 is 68.1 Å². The Labute approximate surface area is 363 Å². The van der Waals surface area contributed by atoms with Crippen LogP contribution in [0.25, 0.3) is 30.4 Å². The maximum atomic E-state index is 9.54. The van der Waals surface area contributed by atoms with Crippen LogP contribution in [0.2, 0.25) is 0 Å². The molecular formula is C51H57B3O7. The van der Waals surface area contributed by atoms with Gasteiger partial charge in [0.25, 0.3) is 0 Å². The van der Waals surface area contributed by atoms with E-state index in [1.165, 1.54) is 5.56 Å². The van der Waals surface area contributed by atoms with Crippen LogP contribution in [0.1, 0.15) is 87.8 Å². The van der Waals surface area contributed by atoms with E-state index in [9.17, 15) is 5.11 Å². The van der Waals surface area contributed by atoms with Crippen LogP contribution in [-0.4, -0.2) is 63.1 Å². The molecule has 0 amide bonds. The second-order valence-corrected chi connectivity index (χ2v) is 17.5. The summed E-state index contributed by atoms with van der Waals surface area (Å²) in [6, 6.07) is 40.7. The first-order valence-electron chi connectivity index (χ1n) is 21.2. The summed E-state index contributed by atoms with van der Waals surface area (Å²) in [5.41, 5.74) is 7.67. The van der Waals surface area contributed by atoms with E-state index in [-0.39, 0.29) is 12.9 Å². The van der Waals surface area contributed by atoms with Gasteiger partial charge in [-0.2, -0.15) is 0 Å². The van der Waals surface area contributed by atoms with E-state index in [1.54, 1.807) is 26.4 Å². The summed E-state index contributed by atoms with van der Waals surface area (Å²) in [6.07, 6.45) is 15.1. The Balaban J connectivity index is 0.904. The molecule has 10 heteroatoms. The Bertz CT molecular complexity index is 2300. The average Bonchev–Trinajstić information content (AvgIpc) is 3.64. The number of hydrogen-bond donors (Lipinski definition) is 1. The number of hydrogen-bond acceptors (Lipinski definition) is 7. The monoisotopic (exact) mass is 814 g/mol. The maximum absolute atomic E-state index is 9.54. The van der Waals surface area contributed by atoms with E-state index in [2.05, 4.69) is 157 Å². The third-order valence-electron chi connectivity index (χ3n) is 12.6. The van der Waals surface area contributed by atoms with Gasteiger partial charge in [0, 0.05) is 20.6 Å². The fourth-order valence-corrected chi connectivity index (χ4v) is 7.82. The summed E-state index contributed by atoms with van der Waals surface area (Å²) in [5, 5.41) is 9.54. The lowest BCUT2D eigenvalue weighted by Gasteiger charge is -2.36. The van der Waals surface area contributed by atoms with Gasteiger partial charge in [-0.15, -0.1) is 0 Å². The van der Waals surface area contributed by atoms with Crippen molar-refractivity contribution in [3.05, 3.63) is 161 Å². The van der Waals surface area contributed by atoms with Crippen LogP contribution in [0.15, 0.2) is 127 Å². The maximum Gasteiger partial charge on any atom is 0.494 e. The highest BCUT2D eigenvalue weighted by Crippen LogP contribution is 2.41. The van der Waals surface area contributed by atoms with E-state index in [4.69, 9.17) is 27.9 Å². The molecule has 5 aromatic rings. The van der Waals surface area contributed by atoms with Crippen LogP contribution < -0.4 is 16.4 Å². The van der Waals surface area contributed by atoms with Gasteiger partial charge in [-0.1, -0.05) is 146 Å². The van der Waals surface area contributed by atoms with Crippen LogP contribution >= 0.6 is 0 Å². The van der Waals surface area contributed by atoms with Gasteiger partial charge in [-0.3, -0.25) is 0 Å². The number of allylic oxidation sites excluding steroid dienone is 1. The molecule has 312 valence electrons. The van der Waals surface area contributed by atoms with Gasteiger partial charge in [0.2, 0.25) is 0 Å². The molecule has 0 aliphatic carbocycles. The smallest absolute Gasteiger partial charge is 0.494 e. The molecule has 0 bridgehead atoms. The first kappa shape index (κ1) is 44.1. The van der Waals surface area contributed by atoms with Crippen LogP contribution in [0.5, 0.6) is 5.75 Å². The molecule has 2 aliphatic heterocycles. The predicted octanol–water partition coefficient (Wildman–Crippen LogP) is 9.02. The topological polar surface area (TPSA) is 75.6 Å². The molecule has 61 heavy (non-hydrogen) atoms. The van der Waals surface area contributed by atoms with Crippen molar-refractivity contribution in [2.24, 2.45) is 0 Å². The quantitative estimate of drug-likeness (QED) is 0.0836. The summed E-state index contributed by atoms with van der Waals surface area (Å²) in [5.74, 6) is 0.261. The van der Waals surface area contributed by atoms with E-state index in [0.717, 1.165) is 57.0 Å². The summed E-state index contributed by atoms with van der Waals surface area (Å²) in [7, 11) is 2.03. The van der Waals surface area contributed by atoms with Crippen molar-refractivity contribution in [1.82, 2.24) is 0 Å². The molecule has 7 nitrogen and oxygen atoms in total. The van der Waals surface area contributed by atoms with Gasteiger partial charge in [0.15, 0.2) is 0 Å². The first-order chi connectivity index (χ1) is 29.2. The molecule has 0 aromatic heterocycles. The zero-order valence-electron chi connectivity index (χ0n) is 36.8. The fourth-order valence-electron chi connectivity index (χ4n) is 7.82. The Kier molecular flexibility index (Phi) is 13.5. The Morgan fingerprint density at radius 3 is 1.38 bits per heavy atom. The van der Waals surface area contributed by atoms with Crippen LogP contribution in [-0.2, 0) is 34.3 Å². The third kappa shape index (κ3) is 10.4. The zero-order chi connectivity index (χ0) is 43.3. The van der Waals surface area contributed by atoms with Gasteiger partial charge < -0.3 is 33.0 Å². The van der Waals surface area contributed by atoms with Gasteiger partial charge in [0.1, 0.15) is 5.75 Å². The number of rotatable bonds is 15. The SMILES string of the molecule is COB(OC)c1ccc(/C=C/CCC2(C)OB(c3ccc(/C=C/c4ccc(CC5(C)OB(c6ccc(/C=C/c7ccc(O)cc7)cc6)OC5(C)C)cc4)cc3)OC2(C)C)cc1. The predicted molar refractivity (Wildman–Crippen MR) is 253 cm³/mol. The zero-order valence-corrected chi connectivity index (χ0v) is 36.8. The van der Waals surface area contributed by atoms with E-state index < -0.39 is 36.6 Å². The van der Waals surface area contributed by atoms with Gasteiger partial charge >= 0.3 is 21.4 Å². The highest BCUT2D eigenvalue weighted by atomic mass is 16.7. The van der Waals surface area contributed by atoms with Crippen molar-refractivity contribution in [2.75, 3.05) is 14.2 Å². The second kappa shape index (κ2) is 18.6. The Morgan fingerprint density at radius 2 is 0.902 bits per heavy atom.